The number of carbonyl (C=O) groups is 1. The number of nitrogens with one attached hydrogen (secondary N) is 1. The van der Waals surface area contributed by atoms with Crippen molar-refractivity contribution in [3.63, 3.8) is 0 Å². The molecule has 1 N–H and O–H groups in total. The Labute approximate surface area is 196 Å². The summed E-state index contributed by atoms with van der Waals surface area (Å²) in [5.41, 5.74) is 1.57. The zero-order chi connectivity index (χ0) is 24.8. The lowest BCUT2D eigenvalue weighted by Gasteiger charge is -2.25. The minimum Gasteiger partial charge on any atom is -0.301 e. The van der Waals surface area contributed by atoms with Crippen LogP contribution in [0.4, 0.5) is 5.69 Å². The van der Waals surface area contributed by atoms with Gasteiger partial charge in [0.05, 0.1) is 21.8 Å². The maximum Gasteiger partial charge on any atom is 0.247 e. The summed E-state index contributed by atoms with van der Waals surface area (Å²) in [7, 11) is -3.92. The normalized spacial score (nSPS) is 18.6. The molecule has 2 aromatic rings. The van der Waals surface area contributed by atoms with Crippen LogP contribution in [-0.2, 0) is 24.8 Å². The van der Waals surface area contributed by atoms with E-state index in [1.165, 1.54) is 18.2 Å². The Kier molecular flexibility index (Phi) is 6.78. The Morgan fingerprint density at radius 3 is 2.18 bits per heavy atom. The van der Waals surface area contributed by atoms with Gasteiger partial charge in [-0.2, -0.15) is 0 Å². The van der Waals surface area contributed by atoms with Gasteiger partial charge in [0.25, 0.3) is 0 Å². The van der Waals surface area contributed by atoms with Gasteiger partial charge in [0.1, 0.15) is 0 Å². The molecule has 0 spiro atoms. The molecule has 0 saturated carbocycles. The van der Waals surface area contributed by atoms with E-state index in [1.54, 1.807) is 20.8 Å². The minimum absolute atomic E-state index is 0.0379. The van der Waals surface area contributed by atoms with E-state index in [9.17, 15) is 21.6 Å². The molecular formula is C23H31N3O5S2. The standard InChI is InChI=1S/C23H31N3O5S2/c1-16-7-9-18(10-8-16)20(25(5)6)14-24-33(30,31)21-12-11-19(13-17(21)2)26-22(27)23(3,4)15-32(26,28)29/h7-13,20,24H,14-15H2,1-6H3. The second-order valence-electron chi connectivity index (χ2n) is 9.40. The molecule has 1 saturated heterocycles. The molecule has 8 nitrogen and oxygen atoms in total. The maximum atomic E-state index is 13.1. The maximum absolute atomic E-state index is 13.1. The van der Waals surface area contributed by atoms with Crippen molar-refractivity contribution in [2.75, 3.05) is 30.7 Å². The number of nitrogens with zero attached hydrogens (tertiary/aromatic N) is 2. The van der Waals surface area contributed by atoms with Gasteiger partial charge in [-0.05, 0) is 71.1 Å². The van der Waals surface area contributed by atoms with E-state index < -0.39 is 31.4 Å². The summed E-state index contributed by atoms with van der Waals surface area (Å²) in [4.78, 5) is 14.6. The van der Waals surface area contributed by atoms with Crippen LogP contribution in [0.1, 0.15) is 36.6 Å². The van der Waals surface area contributed by atoms with Crippen LogP contribution in [-0.4, -0.2) is 54.0 Å². The van der Waals surface area contributed by atoms with Gasteiger partial charge in [0.15, 0.2) is 0 Å². The van der Waals surface area contributed by atoms with Crippen molar-refractivity contribution in [1.82, 2.24) is 9.62 Å². The predicted octanol–water partition coefficient (Wildman–Crippen LogP) is 2.59. The highest BCUT2D eigenvalue weighted by Crippen LogP contribution is 2.36. The average molecular weight is 494 g/mol. The molecule has 1 aliphatic rings. The van der Waals surface area contributed by atoms with Crippen molar-refractivity contribution >= 4 is 31.6 Å². The monoisotopic (exact) mass is 493 g/mol. The van der Waals surface area contributed by atoms with Gasteiger partial charge >= 0.3 is 0 Å². The Morgan fingerprint density at radius 1 is 1.09 bits per heavy atom. The number of anilines is 1. The van der Waals surface area contributed by atoms with E-state index in [0.29, 0.717) is 5.56 Å². The van der Waals surface area contributed by atoms with Gasteiger partial charge in [0, 0.05) is 12.6 Å². The summed E-state index contributed by atoms with van der Waals surface area (Å²) in [5, 5.41) is 0. The summed E-state index contributed by atoms with van der Waals surface area (Å²) in [5.74, 6) is -0.813. The number of hydrogen-bond donors (Lipinski definition) is 1. The summed E-state index contributed by atoms with van der Waals surface area (Å²) in [6.45, 7) is 6.90. The Balaban J connectivity index is 1.86. The van der Waals surface area contributed by atoms with Gasteiger partial charge in [-0.25, -0.2) is 25.9 Å². The Bertz CT molecular complexity index is 1270. The van der Waals surface area contributed by atoms with Crippen molar-refractivity contribution in [3.8, 4) is 0 Å². The van der Waals surface area contributed by atoms with Crippen LogP contribution in [0.3, 0.4) is 0 Å². The highest BCUT2D eigenvalue weighted by molar-refractivity contribution is 7.94. The molecule has 0 aromatic heterocycles. The van der Waals surface area contributed by atoms with Crippen molar-refractivity contribution in [2.24, 2.45) is 5.41 Å². The molecule has 10 heteroatoms. The summed E-state index contributed by atoms with van der Waals surface area (Å²) < 4.78 is 54.7. The molecule has 3 rings (SSSR count). The van der Waals surface area contributed by atoms with E-state index in [2.05, 4.69) is 4.72 Å². The highest BCUT2D eigenvalue weighted by Gasteiger charge is 2.50. The summed E-state index contributed by atoms with van der Waals surface area (Å²) in [6.07, 6.45) is 0. The average Bonchev–Trinajstić information content (AvgIpc) is 2.85. The van der Waals surface area contributed by atoms with Crippen LogP contribution in [0.15, 0.2) is 47.4 Å². The zero-order valence-corrected chi connectivity index (χ0v) is 21.4. The molecule has 1 fully saturated rings. The van der Waals surface area contributed by atoms with Crippen LogP contribution in [0, 0.1) is 19.3 Å². The predicted molar refractivity (Wildman–Crippen MR) is 129 cm³/mol. The summed E-state index contributed by atoms with van der Waals surface area (Å²) >= 11 is 0. The van der Waals surface area contributed by atoms with Crippen LogP contribution in [0.2, 0.25) is 0 Å². The SMILES string of the molecule is Cc1ccc(C(CNS(=O)(=O)c2ccc(N3C(=O)C(C)(C)CS3(=O)=O)cc2C)N(C)C)cc1. The van der Waals surface area contributed by atoms with Crippen LogP contribution in [0.25, 0.3) is 0 Å². The fourth-order valence-electron chi connectivity index (χ4n) is 3.98. The number of sulfonamides is 2. The van der Waals surface area contributed by atoms with Crippen LogP contribution in [0.5, 0.6) is 0 Å². The Morgan fingerprint density at radius 2 is 1.70 bits per heavy atom. The topological polar surface area (TPSA) is 104 Å². The number of likely N-dealkylation sites (N-methyl/N-ethyl adjacent to an activating group) is 1. The van der Waals surface area contributed by atoms with E-state index in [-0.39, 0.29) is 28.9 Å². The molecule has 1 heterocycles. The first-order chi connectivity index (χ1) is 15.2. The third-order valence-corrected chi connectivity index (χ3v) is 9.42. The number of aryl methyl sites for hydroxylation is 2. The number of amides is 1. The smallest absolute Gasteiger partial charge is 0.247 e. The molecule has 2 aromatic carbocycles. The third-order valence-electron chi connectivity index (χ3n) is 5.82. The molecule has 1 aliphatic heterocycles. The second-order valence-corrected chi connectivity index (χ2v) is 13.0. The van der Waals surface area contributed by atoms with Gasteiger partial charge in [-0.15, -0.1) is 0 Å². The quantitative estimate of drug-likeness (QED) is 0.636. The van der Waals surface area contributed by atoms with E-state index in [1.807, 2.05) is 50.2 Å². The van der Waals surface area contributed by atoms with Crippen molar-refractivity contribution in [2.45, 2.75) is 38.6 Å². The molecule has 1 amide bonds. The molecule has 180 valence electrons. The van der Waals surface area contributed by atoms with Crippen molar-refractivity contribution < 1.29 is 21.6 Å². The second kappa shape index (κ2) is 8.83. The molecule has 33 heavy (non-hydrogen) atoms. The molecule has 1 unspecified atom stereocenters. The van der Waals surface area contributed by atoms with Gasteiger partial charge in [-0.3, -0.25) is 4.79 Å². The zero-order valence-electron chi connectivity index (χ0n) is 19.8. The van der Waals surface area contributed by atoms with Crippen LogP contribution >= 0.6 is 0 Å². The fraction of sp³-hybridized carbons (Fsp3) is 0.435. The first-order valence-electron chi connectivity index (χ1n) is 10.6. The van der Waals surface area contributed by atoms with Gasteiger partial charge in [-0.1, -0.05) is 29.8 Å². The Hall–Kier alpha value is -2.27. The summed E-state index contributed by atoms with van der Waals surface area (Å²) in [6, 6.07) is 11.9. The van der Waals surface area contributed by atoms with Gasteiger partial charge in [0.2, 0.25) is 26.0 Å². The van der Waals surface area contributed by atoms with Gasteiger partial charge < -0.3 is 4.90 Å². The van der Waals surface area contributed by atoms with E-state index in [4.69, 9.17) is 0 Å². The largest absolute Gasteiger partial charge is 0.301 e. The third kappa shape index (κ3) is 5.13. The first-order valence-corrected chi connectivity index (χ1v) is 13.7. The molecule has 1 atom stereocenters. The van der Waals surface area contributed by atoms with E-state index in [0.717, 1.165) is 15.4 Å². The van der Waals surface area contributed by atoms with Crippen molar-refractivity contribution in [1.29, 1.82) is 0 Å². The van der Waals surface area contributed by atoms with Crippen LogP contribution < -0.4 is 9.03 Å². The minimum atomic E-state index is -3.87. The first kappa shape index (κ1) is 25.4. The number of rotatable bonds is 7. The number of hydrogen-bond acceptors (Lipinski definition) is 6. The molecule has 0 radical (unpaired) electrons. The lowest BCUT2D eigenvalue weighted by Crippen LogP contribution is -2.35. The highest BCUT2D eigenvalue weighted by atomic mass is 32.2. The number of carbonyl (C=O) groups excluding carboxylic acids is 1. The molecule has 0 bridgehead atoms. The number of benzene rings is 2. The molecular weight excluding hydrogens is 462 g/mol. The van der Waals surface area contributed by atoms with E-state index >= 15 is 0 Å². The fourth-order valence-corrected chi connectivity index (χ4v) is 7.34. The lowest BCUT2D eigenvalue weighted by molar-refractivity contribution is -0.123. The van der Waals surface area contributed by atoms with Crippen molar-refractivity contribution in [3.05, 3.63) is 59.2 Å². The molecule has 0 aliphatic carbocycles. The lowest BCUT2D eigenvalue weighted by atomic mass is 9.95.